The third kappa shape index (κ3) is 3.82. The largest absolute Gasteiger partial charge is 0.396 e. The first-order valence-electron chi connectivity index (χ1n) is 6.17. The van der Waals surface area contributed by atoms with Gasteiger partial charge in [0.25, 0.3) is 0 Å². The van der Waals surface area contributed by atoms with Crippen LogP contribution >= 0.6 is 11.6 Å². The Kier molecular flexibility index (Phi) is 6.19. The highest BCUT2D eigenvalue weighted by Gasteiger charge is 2.27. The lowest BCUT2D eigenvalue weighted by Crippen LogP contribution is -2.34. The van der Waals surface area contributed by atoms with Crippen LogP contribution in [0.3, 0.4) is 0 Å². The Labute approximate surface area is 123 Å². The lowest BCUT2D eigenvalue weighted by molar-refractivity contribution is 0.135. The van der Waals surface area contributed by atoms with Crippen molar-refractivity contribution < 1.29 is 17.5 Å². The number of ether oxygens (including phenoxy) is 1. The molecule has 0 bridgehead atoms. The molecule has 8 heteroatoms. The van der Waals surface area contributed by atoms with Gasteiger partial charge in [-0.05, 0) is 19.1 Å². The summed E-state index contributed by atoms with van der Waals surface area (Å²) in [4.78, 5) is -0.513. The number of likely N-dealkylation sites (N-methyl/N-ethyl adjacent to an activating group) is 1. The van der Waals surface area contributed by atoms with Crippen LogP contribution < -0.4 is 5.73 Å². The van der Waals surface area contributed by atoms with Crippen LogP contribution in [0.2, 0.25) is 5.02 Å². The first-order chi connectivity index (χ1) is 9.34. The van der Waals surface area contributed by atoms with Gasteiger partial charge >= 0.3 is 0 Å². The number of nitrogen functional groups attached to an aromatic ring is 1. The Balaban J connectivity index is 3.14. The van der Waals surface area contributed by atoms with Crippen LogP contribution in [-0.4, -0.2) is 39.0 Å². The number of hydrogen-bond acceptors (Lipinski definition) is 4. The first-order valence-corrected chi connectivity index (χ1v) is 7.98. The molecule has 0 fully saturated rings. The maximum atomic E-state index is 13.9. The fraction of sp³-hybridized carbons (Fsp3) is 0.500. The van der Waals surface area contributed by atoms with Gasteiger partial charge in [-0.2, -0.15) is 4.31 Å². The van der Waals surface area contributed by atoms with Gasteiger partial charge in [0.1, 0.15) is 4.90 Å². The summed E-state index contributed by atoms with van der Waals surface area (Å²) in [6.07, 6.45) is 0. The molecule has 1 rings (SSSR count). The van der Waals surface area contributed by atoms with E-state index in [4.69, 9.17) is 22.1 Å². The summed E-state index contributed by atoms with van der Waals surface area (Å²) < 4.78 is 45.0. The molecule has 0 aliphatic heterocycles. The van der Waals surface area contributed by atoms with Crippen molar-refractivity contribution >= 4 is 27.3 Å². The highest BCUT2D eigenvalue weighted by molar-refractivity contribution is 7.89. The molecule has 0 saturated heterocycles. The molecule has 0 heterocycles. The van der Waals surface area contributed by atoms with Crippen LogP contribution in [0, 0.1) is 5.82 Å². The van der Waals surface area contributed by atoms with E-state index in [-0.39, 0.29) is 30.4 Å². The zero-order valence-electron chi connectivity index (χ0n) is 11.4. The number of sulfonamides is 1. The fourth-order valence-electron chi connectivity index (χ4n) is 1.67. The lowest BCUT2D eigenvalue weighted by Gasteiger charge is -2.21. The SMILES string of the molecule is CCOCCN(CC)S(=O)(=O)c1cc(Cl)cc(N)c1F. The molecule has 5 nitrogen and oxygen atoms in total. The first kappa shape index (κ1) is 17.2. The average Bonchev–Trinajstić information content (AvgIpc) is 2.38. The molecule has 20 heavy (non-hydrogen) atoms. The summed E-state index contributed by atoms with van der Waals surface area (Å²) >= 11 is 5.75. The standard InChI is InChI=1S/C12H18ClFN2O3S/c1-3-16(5-6-19-4-2)20(17,18)11-8-9(13)7-10(15)12(11)14/h7-8H,3-6,15H2,1-2H3. The maximum Gasteiger partial charge on any atom is 0.246 e. The Hall–Kier alpha value is -0.890. The molecule has 2 N–H and O–H groups in total. The van der Waals surface area contributed by atoms with Crippen LogP contribution in [0.25, 0.3) is 0 Å². The van der Waals surface area contributed by atoms with Gasteiger partial charge in [-0.1, -0.05) is 18.5 Å². The Morgan fingerprint density at radius 2 is 2.05 bits per heavy atom. The Morgan fingerprint density at radius 1 is 1.40 bits per heavy atom. The molecular weight excluding hydrogens is 307 g/mol. The molecule has 0 unspecified atom stereocenters. The lowest BCUT2D eigenvalue weighted by atomic mass is 10.3. The van der Waals surface area contributed by atoms with Gasteiger partial charge in [0.2, 0.25) is 10.0 Å². The minimum absolute atomic E-state index is 0.0725. The minimum Gasteiger partial charge on any atom is -0.396 e. The second-order valence-corrected chi connectivity index (χ2v) is 6.34. The van der Waals surface area contributed by atoms with Gasteiger partial charge in [0.05, 0.1) is 12.3 Å². The molecule has 1 aromatic carbocycles. The smallest absolute Gasteiger partial charge is 0.246 e. The Bertz CT molecular complexity index is 566. The quantitative estimate of drug-likeness (QED) is 0.616. The molecule has 1 aromatic rings. The van der Waals surface area contributed by atoms with Crippen molar-refractivity contribution in [3.63, 3.8) is 0 Å². The summed E-state index contributed by atoms with van der Waals surface area (Å²) in [5.41, 5.74) is 5.12. The van der Waals surface area contributed by atoms with Crippen LogP contribution in [-0.2, 0) is 14.8 Å². The molecule has 0 spiro atoms. The van der Waals surface area contributed by atoms with E-state index in [0.717, 1.165) is 10.4 Å². The summed E-state index contributed by atoms with van der Waals surface area (Å²) in [5.74, 6) is -0.982. The van der Waals surface area contributed by atoms with Gasteiger partial charge < -0.3 is 10.5 Å². The van der Waals surface area contributed by atoms with Crippen LogP contribution in [0.15, 0.2) is 17.0 Å². The number of nitrogens with two attached hydrogens (primary N) is 1. The number of nitrogens with zero attached hydrogens (tertiary/aromatic N) is 1. The maximum absolute atomic E-state index is 13.9. The summed E-state index contributed by atoms with van der Waals surface area (Å²) in [7, 11) is -3.99. The van der Waals surface area contributed by atoms with Gasteiger partial charge in [-0.25, -0.2) is 12.8 Å². The van der Waals surface area contributed by atoms with E-state index < -0.39 is 20.7 Å². The summed E-state index contributed by atoms with van der Waals surface area (Å²) in [6, 6.07) is 2.23. The zero-order valence-corrected chi connectivity index (χ0v) is 13.0. The van der Waals surface area contributed by atoms with Gasteiger partial charge in [-0.3, -0.25) is 0 Å². The average molecular weight is 325 g/mol. The molecule has 0 radical (unpaired) electrons. The van der Waals surface area contributed by atoms with Crippen LogP contribution in [0.1, 0.15) is 13.8 Å². The number of hydrogen-bond donors (Lipinski definition) is 1. The van der Waals surface area contributed by atoms with E-state index in [1.54, 1.807) is 6.92 Å². The van der Waals surface area contributed by atoms with E-state index in [0.29, 0.717) is 6.61 Å². The Morgan fingerprint density at radius 3 is 2.60 bits per heavy atom. The van der Waals surface area contributed by atoms with Crippen LogP contribution in [0.4, 0.5) is 10.1 Å². The molecule has 0 aliphatic carbocycles. The molecule has 0 atom stereocenters. The van der Waals surface area contributed by atoms with Gasteiger partial charge in [0.15, 0.2) is 5.82 Å². The monoisotopic (exact) mass is 324 g/mol. The third-order valence-corrected chi connectivity index (χ3v) is 4.88. The molecule has 114 valence electrons. The van der Waals surface area contributed by atoms with Crippen molar-refractivity contribution in [1.82, 2.24) is 4.31 Å². The van der Waals surface area contributed by atoms with E-state index in [1.165, 1.54) is 6.07 Å². The van der Waals surface area contributed by atoms with Crippen LogP contribution in [0.5, 0.6) is 0 Å². The van der Waals surface area contributed by atoms with Crippen molar-refractivity contribution in [2.75, 3.05) is 32.0 Å². The second-order valence-electron chi connectivity index (χ2n) is 4.00. The van der Waals surface area contributed by atoms with Crippen molar-refractivity contribution in [2.24, 2.45) is 0 Å². The van der Waals surface area contributed by atoms with Crippen molar-refractivity contribution in [3.05, 3.63) is 23.0 Å². The third-order valence-electron chi connectivity index (χ3n) is 2.69. The summed E-state index contributed by atoms with van der Waals surface area (Å²) in [5, 5.41) is 0.0725. The van der Waals surface area contributed by atoms with E-state index >= 15 is 0 Å². The molecule has 0 saturated carbocycles. The minimum atomic E-state index is -3.99. The number of halogens is 2. The van der Waals surface area contributed by atoms with E-state index in [2.05, 4.69) is 0 Å². The van der Waals surface area contributed by atoms with Gasteiger partial charge in [-0.15, -0.1) is 0 Å². The zero-order chi connectivity index (χ0) is 15.3. The predicted octanol–water partition coefficient (Wildman–Crippen LogP) is 2.11. The molecule has 0 aromatic heterocycles. The van der Waals surface area contributed by atoms with Crippen molar-refractivity contribution in [2.45, 2.75) is 18.7 Å². The molecule has 0 aliphatic rings. The number of anilines is 1. The van der Waals surface area contributed by atoms with Crippen molar-refractivity contribution in [1.29, 1.82) is 0 Å². The predicted molar refractivity (Wildman–Crippen MR) is 76.7 cm³/mol. The highest BCUT2D eigenvalue weighted by Crippen LogP contribution is 2.27. The van der Waals surface area contributed by atoms with E-state index in [9.17, 15) is 12.8 Å². The fourth-order valence-corrected chi connectivity index (χ4v) is 3.51. The van der Waals surface area contributed by atoms with Gasteiger partial charge in [0, 0.05) is 24.7 Å². The number of benzene rings is 1. The topological polar surface area (TPSA) is 72.6 Å². The second kappa shape index (κ2) is 7.21. The molecular formula is C12H18ClFN2O3S. The van der Waals surface area contributed by atoms with Crippen molar-refractivity contribution in [3.8, 4) is 0 Å². The highest BCUT2D eigenvalue weighted by atomic mass is 35.5. The van der Waals surface area contributed by atoms with E-state index in [1.807, 2.05) is 6.92 Å². The molecule has 0 amide bonds. The number of rotatable bonds is 7. The summed E-state index contributed by atoms with van der Waals surface area (Å²) in [6.45, 7) is 4.52. The normalized spacial score (nSPS) is 12.1.